The van der Waals surface area contributed by atoms with E-state index in [-0.39, 0.29) is 23.4 Å². The molecule has 1 fully saturated rings. The first kappa shape index (κ1) is 20.9. The van der Waals surface area contributed by atoms with E-state index >= 15 is 0 Å². The van der Waals surface area contributed by atoms with Crippen molar-refractivity contribution in [3.05, 3.63) is 40.9 Å². The molecule has 28 heavy (non-hydrogen) atoms. The van der Waals surface area contributed by atoms with Gasteiger partial charge in [0.2, 0.25) is 5.91 Å². The third-order valence-electron chi connectivity index (χ3n) is 5.41. The Kier molecular flexibility index (Phi) is 6.46. The molecule has 0 atom stereocenters. The molecule has 150 valence electrons. The number of aromatic carboxylic acids is 1. The van der Waals surface area contributed by atoms with Crippen molar-refractivity contribution in [3.8, 4) is 10.4 Å². The van der Waals surface area contributed by atoms with Crippen LogP contribution in [0.5, 0.6) is 0 Å². The number of rotatable bonds is 5. The van der Waals surface area contributed by atoms with Gasteiger partial charge in [-0.1, -0.05) is 30.7 Å². The van der Waals surface area contributed by atoms with Gasteiger partial charge >= 0.3 is 5.97 Å². The lowest BCUT2D eigenvalue weighted by Crippen LogP contribution is -2.42. The van der Waals surface area contributed by atoms with Crippen LogP contribution in [-0.2, 0) is 4.79 Å². The summed E-state index contributed by atoms with van der Waals surface area (Å²) in [4.78, 5) is 27.8. The number of anilines is 1. The van der Waals surface area contributed by atoms with Crippen LogP contribution in [-0.4, -0.2) is 23.0 Å². The number of hydrogen-bond donors (Lipinski definition) is 1. The van der Waals surface area contributed by atoms with Crippen molar-refractivity contribution in [2.24, 2.45) is 11.8 Å². The van der Waals surface area contributed by atoms with E-state index in [1.165, 1.54) is 11.3 Å². The lowest BCUT2D eigenvalue weighted by Gasteiger charge is -2.33. The number of carbonyl (C=O) groups is 2. The van der Waals surface area contributed by atoms with Gasteiger partial charge in [-0.25, -0.2) is 4.79 Å². The summed E-state index contributed by atoms with van der Waals surface area (Å²) in [5.74, 6) is -0.332. The molecule has 0 aliphatic heterocycles. The third-order valence-corrected chi connectivity index (χ3v) is 6.84. The van der Waals surface area contributed by atoms with Crippen molar-refractivity contribution >= 4 is 39.8 Å². The van der Waals surface area contributed by atoms with Crippen LogP contribution in [0.2, 0.25) is 5.02 Å². The number of halogens is 1. The van der Waals surface area contributed by atoms with E-state index in [0.717, 1.165) is 36.1 Å². The minimum Gasteiger partial charge on any atom is -0.478 e. The van der Waals surface area contributed by atoms with E-state index in [4.69, 9.17) is 11.6 Å². The first-order valence-electron chi connectivity index (χ1n) is 9.74. The van der Waals surface area contributed by atoms with Crippen molar-refractivity contribution in [1.29, 1.82) is 0 Å². The van der Waals surface area contributed by atoms with Gasteiger partial charge < -0.3 is 10.0 Å². The molecule has 0 bridgehead atoms. The highest BCUT2D eigenvalue weighted by molar-refractivity contribution is 7.20. The van der Waals surface area contributed by atoms with E-state index in [9.17, 15) is 14.7 Å². The van der Waals surface area contributed by atoms with Gasteiger partial charge in [0, 0.05) is 21.9 Å². The number of thiophene rings is 1. The normalized spacial score (nSPS) is 19.6. The van der Waals surface area contributed by atoms with Gasteiger partial charge in [0.1, 0.15) is 5.00 Å². The van der Waals surface area contributed by atoms with E-state index < -0.39 is 5.97 Å². The van der Waals surface area contributed by atoms with Crippen LogP contribution in [0.1, 0.15) is 56.8 Å². The largest absolute Gasteiger partial charge is 0.478 e. The standard InChI is InChI=1S/C22H26ClNO3S/c1-13(2)24(20(25)16-6-4-14(3)5-7-16)21-18(22(26)27)12-19(28-21)15-8-10-17(23)11-9-15/h8-14,16H,4-7H2,1-3H3,(H,26,27)/t14-,16-. The Morgan fingerprint density at radius 3 is 2.29 bits per heavy atom. The lowest BCUT2D eigenvalue weighted by molar-refractivity contribution is -0.123. The van der Waals surface area contributed by atoms with Crippen LogP contribution in [0, 0.1) is 11.8 Å². The van der Waals surface area contributed by atoms with Gasteiger partial charge in [0.05, 0.1) is 5.56 Å². The first-order chi connectivity index (χ1) is 13.3. The van der Waals surface area contributed by atoms with Crippen molar-refractivity contribution in [3.63, 3.8) is 0 Å². The van der Waals surface area contributed by atoms with Crippen molar-refractivity contribution in [2.75, 3.05) is 4.90 Å². The molecule has 2 aromatic rings. The Bertz CT molecular complexity index is 851. The summed E-state index contributed by atoms with van der Waals surface area (Å²) in [6.45, 7) is 6.11. The van der Waals surface area contributed by atoms with Crippen LogP contribution in [0.15, 0.2) is 30.3 Å². The van der Waals surface area contributed by atoms with Gasteiger partial charge in [-0.05, 0) is 69.2 Å². The Morgan fingerprint density at radius 1 is 1.14 bits per heavy atom. The Morgan fingerprint density at radius 2 is 1.75 bits per heavy atom. The summed E-state index contributed by atoms with van der Waals surface area (Å²) in [5.41, 5.74) is 1.08. The summed E-state index contributed by atoms with van der Waals surface area (Å²) >= 11 is 7.33. The van der Waals surface area contributed by atoms with E-state index in [1.54, 1.807) is 23.1 Å². The third kappa shape index (κ3) is 4.41. The quantitative estimate of drug-likeness (QED) is 0.615. The summed E-state index contributed by atoms with van der Waals surface area (Å²) in [6.07, 6.45) is 3.85. The molecule has 1 heterocycles. The molecule has 0 spiro atoms. The molecule has 1 aliphatic rings. The lowest BCUT2D eigenvalue weighted by atomic mass is 9.82. The molecule has 6 heteroatoms. The minimum absolute atomic E-state index is 0.0265. The monoisotopic (exact) mass is 419 g/mol. The maximum Gasteiger partial charge on any atom is 0.338 e. The Labute approximate surface area is 175 Å². The molecule has 3 rings (SSSR count). The fraction of sp³-hybridized carbons (Fsp3) is 0.455. The molecule has 0 unspecified atom stereocenters. The van der Waals surface area contributed by atoms with Gasteiger partial charge in [0.15, 0.2) is 0 Å². The second-order valence-corrected chi connectivity index (χ2v) is 9.37. The first-order valence-corrected chi connectivity index (χ1v) is 10.9. The maximum absolute atomic E-state index is 13.3. The molecular formula is C22H26ClNO3S. The van der Waals surface area contributed by atoms with Crippen LogP contribution < -0.4 is 4.90 Å². The minimum atomic E-state index is -1.01. The van der Waals surface area contributed by atoms with Crippen molar-refractivity contribution < 1.29 is 14.7 Å². The van der Waals surface area contributed by atoms with Gasteiger partial charge in [-0.2, -0.15) is 0 Å². The molecule has 1 amide bonds. The Hall–Kier alpha value is -1.85. The number of amides is 1. The van der Waals surface area contributed by atoms with Crippen molar-refractivity contribution in [2.45, 2.75) is 52.5 Å². The number of carboxylic acid groups (broad SMARTS) is 1. The predicted molar refractivity (Wildman–Crippen MR) is 115 cm³/mol. The zero-order valence-corrected chi connectivity index (χ0v) is 18.0. The molecule has 0 saturated heterocycles. The summed E-state index contributed by atoms with van der Waals surface area (Å²) in [7, 11) is 0. The Balaban J connectivity index is 1.99. The molecule has 1 aromatic heterocycles. The number of benzene rings is 1. The molecule has 0 radical (unpaired) electrons. The molecule has 4 nitrogen and oxygen atoms in total. The smallest absolute Gasteiger partial charge is 0.338 e. The zero-order chi connectivity index (χ0) is 20.4. The number of carbonyl (C=O) groups excluding carboxylic acids is 1. The zero-order valence-electron chi connectivity index (χ0n) is 16.4. The topological polar surface area (TPSA) is 57.6 Å². The molecule has 1 aliphatic carbocycles. The second-order valence-electron chi connectivity index (χ2n) is 7.90. The van der Waals surface area contributed by atoms with E-state index in [0.29, 0.717) is 15.9 Å². The van der Waals surface area contributed by atoms with E-state index in [1.807, 2.05) is 26.0 Å². The highest BCUT2D eigenvalue weighted by Gasteiger charge is 2.33. The number of carboxylic acids is 1. The molecule has 1 aromatic carbocycles. The van der Waals surface area contributed by atoms with Crippen LogP contribution in [0.25, 0.3) is 10.4 Å². The average molecular weight is 420 g/mol. The van der Waals surface area contributed by atoms with Crippen LogP contribution in [0.3, 0.4) is 0 Å². The highest BCUT2D eigenvalue weighted by atomic mass is 35.5. The summed E-state index contributed by atoms with van der Waals surface area (Å²) in [5, 5.41) is 10.9. The predicted octanol–water partition coefficient (Wildman–Crippen LogP) is 6.33. The van der Waals surface area contributed by atoms with E-state index in [2.05, 4.69) is 6.92 Å². The fourth-order valence-electron chi connectivity index (χ4n) is 3.76. The molecule has 1 N–H and O–H groups in total. The fourth-order valence-corrected chi connectivity index (χ4v) is 5.18. The SMILES string of the molecule is CC(C)N(c1sc(-c2ccc(Cl)cc2)cc1C(=O)O)C(=O)[C@H]1CC[C@H](C)CC1. The number of hydrogen-bond acceptors (Lipinski definition) is 3. The van der Waals surface area contributed by atoms with Crippen LogP contribution >= 0.6 is 22.9 Å². The second kappa shape index (κ2) is 8.66. The summed E-state index contributed by atoms with van der Waals surface area (Å²) < 4.78 is 0. The van der Waals surface area contributed by atoms with Crippen molar-refractivity contribution in [1.82, 2.24) is 0 Å². The number of nitrogens with zero attached hydrogens (tertiary/aromatic N) is 1. The molecular weight excluding hydrogens is 394 g/mol. The highest BCUT2D eigenvalue weighted by Crippen LogP contribution is 2.41. The van der Waals surface area contributed by atoms with Gasteiger partial charge in [-0.15, -0.1) is 11.3 Å². The maximum atomic E-state index is 13.3. The van der Waals surface area contributed by atoms with Gasteiger partial charge in [-0.3, -0.25) is 4.79 Å². The van der Waals surface area contributed by atoms with Gasteiger partial charge in [0.25, 0.3) is 0 Å². The molecule has 1 saturated carbocycles. The summed E-state index contributed by atoms with van der Waals surface area (Å²) in [6, 6.07) is 8.86. The average Bonchev–Trinajstić information content (AvgIpc) is 3.07. The van der Waals surface area contributed by atoms with Crippen LogP contribution in [0.4, 0.5) is 5.00 Å².